The molecule has 0 bridgehead atoms. The Morgan fingerprint density at radius 3 is 1.77 bits per heavy atom. The Bertz CT molecular complexity index is 740. The molecule has 0 radical (unpaired) electrons. The third kappa shape index (κ3) is 3.26. The van der Waals surface area contributed by atoms with Crippen molar-refractivity contribution in [2.24, 2.45) is 0 Å². The zero-order chi connectivity index (χ0) is 15.4. The van der Waals surface area contributed by atoms with Crippen molar-refractivity contribution in [1.82, 2.24) is 0 Å². The first-order chi connectivity index (χ1) is 10.8. The van der Waals surface area contributed by atoms with Crippen LogP contribution >= 0.6 is 0 Å². The normalized spacial score (nSPS) is 10.6. The number of benzene rings is 3. The Labute approximate surface area is 131 Å². The summed E-state index contributed by atoms with van der Waals surface area (Å²) in [7, 11) is 0. The smallest absolute Gasteiger partial charge is 0.0471 e. The van der Waals surface area contributed by atoms with Gasteiger partial charge in [-0.25, -0.2) is 0 Å². The maximum atomic E-state index is 8.99. The Morgan fingerprint density at radius 1 is 0.682 bits per heavy atom. The summed E-state index contributed by atoms with van der Waals surface area (Å²) in [6.45, 7) is 2.30. The van der Waals surface area contributed by atoms with Crippen molar-refractivity contribution in [1.29, 1.82) is 0 Å². The second-order valence-corrected chi connectivity index (χ2v) is 5.62. The summed E-state index contributed by atoms with van der Waals surface area (Å²) in [6.07, 6.45) is 0.712. The molecule has 0 heterocycles. The van der Waals surface area contributed by atoms with Crippen LogP contribution in [0.5, 0.6) is 0 Å². The molecule has 1 nitrogen and oxygen atoms in total. The average Bonchev–Trinajstić information content (AvgIpc) is 2.57. The predicted molar refractivity (Wildman–Crippen MR) is 92.8 cm³/mol. The van der Waals surface area contributed by atoms with E-state index in [1.54, 1.807) is 0 Å². The molecule has 110 valence electrons. The van der Waals surface area contributed by atoms with Crippen molar-refractivity contribution in [3.05, 3.63) is 83.9 Å². The van der Waals surface area contributed by atoms with Crippen LogP contribution in [-0.4, -0.2) is 11.7 Å². The molecule has 3 aromatic carbocycles. The van der Waals surface area contributed by atoms with Crippen LogP contribution in [-0.2, 0) is 6.42 Å². The molecule has 0 atom stereocenters. The first kappa shape index (κ1) is 14.6. The molecule has 0 aliphatic carbocycles. The zero-order valence-corrected chi connectivity index (χ0v) is 12.8. The van der Waals surface area contributed by atoms with E-state index in [-0.39, 0.29) is 6.61 Å². The SMILES string of the molecule is Cc1ccc(-c2cccc(-c3ccc(CCO)cc3)c2)cc1. The first-order valence-corrected chi connectivity index (χ1v) is 7.63. The summed E-state index contributed by atoms with van der Waals surface area (Å²) in [5.41, 5.74) is 7.34. The van der Waals surface area contributed by atoms with Gasteiger partial charge in [0.2, 0.25) is 0 Å². The van der Waals surface area contributed by atoms with Crippen molar-refractivity contribution in [3.63, 3.8) is 0 Å². The zero-order valence-electron chi connectivity index (χ0n) is 12.8. The second-order valence-electron chi connectivity index (χ2n) is 5.62. The van der Waals surface area contributed by atoms with E-state index in [9.17, 15) is 0 Å². The van der Waals surface area contributed by atoms with Crippen LogP contribution < -0.4 is 0 Å². The van der Waals surface area contributed by atoms with Gasteiger partial charge in [0.15, 0.2) is 0 Å². The van der Waals surface area contributed by atoms with Gasteiger partial charge in [-0.1, -0.05) is 72.3 Å². The molecule has 1 heteroatoms. The third-order valence-corrected chi connectivity index (χ3v) is 3.94. The van der Waals surface area contributed by atoms with E-state index < -0.39 is 0 Å². The number of hydrogen-bond acceptors (Lipinski definition) is 1. The number of aliphatic hydroxyl groups is 1. The third-order valence-electron chi connectivity index (χ3n) is 3.94. The summed E-state index contributed by atoms with van der Waals surface area (Å²) in [5.74, 6) is 0. The Hall–Kier alpha value is -2.38. The Morgan fingerprint density at radius 2 is 1.23 bits per heavy atom. The van der Waals surface area contributed by atoms with Gasteiger partial charge in [-0.05, 0) is 47.2 Å². The fourth-order valence-corrected chi connectivity index (χ4v) is 2.62. The number of aryl methyl sites for hydroxylation is 1. The van der Waals surface area contributed by atoms with Gasteiger partial charge in [0.05, 0.1) is 0 Å². The van der Waals surface area contributed by atoms with Crippen LogP contribution in [0.15, 0.2) is 72.8 Å². The highest BCUT2D eigenvalue weighted by Gasteiger charge is 2.02. The van der Waals surface area contributed by atoms with Gasteiger partial charge in [0.1, 0.15) is 0 Å². The molecule has 0 unspecified atom stereocenters. The van der Waals surface area contributed by atoms with Crippen LogP contribution in [0, 0.1) is 6.92 Å². The van der Waals surface area contributed by atoms with Crippen LogP contribution in [0.2, 0.25) is 0 Å². The standard InChI is InChI=1S/C21H20O/c1-16-5-9-18(10-6-16)20-3-2-4-21(15-20)19-11-7-17(8-12-19)13-14-22/h2-12,15,22H,13-14H2,1H3. The van der Waals surface area contributed by atoms with E-state index in [2.05, 4.69) is 79.7 Å². The van der Waals surface area contributed by atoms with Gasteiger partial charge in [-0.2, -0.15) is 0 Å². The van der Waals surface area contributed by atoms with Gasteiger partial charge in [-0.15, -0.1) is 0 Å². The number of rotatable bonds is 4. The molecule has 1 N–H and O–H groups in total. The molecular weight excluding hydrogens is 268 g/mol. The van der Waals surface area contributed by atoms with Crippen molar-refractivity contribution >= 4 is 0 Å². The molecule has 3 rings (SSSR count). The van der Waals surface area contributed by atoms with Gasteiger partial charge in [-0.3, -0.25) is 0 Å². The lowest BCUT2D eigenvalue weighted by atomic mass is 9.98. The lowest BCUT2D eigenvalue weighted by molar-refractivity contribution is 0.299. The van der Waals surface area contributed by atoms with Gasteiger partial charge in [0, 0.05) is 6.61 Å². The lowest BCUT2D eigenvalue weighted by Crippen LogP contribution is -1.90. The van der Waals surface area contributed by atoms with Crippen LogP contribution in [0.1, 0.15) is 11.1 Å². The molecule has 0 saturated heterocycles. The second kappa shape index (κ2) is 6.59. The molecule has 0 amide bonds. The molecule has 0 fully saturated rings. The van der Waals surface area contributed by atoms with Gasteiger partial charge < -0.3 is 5.11 Å². The minimum atomic E-state index is 0.197. The molecular formula is C21H20O. The van der Waals surface area contributed by atoms with E-state index >= 15 is 0 Å². The highest BCUT2D eigenvalue weighted by Crippen LogP contribution is 2.26. The van der Waals surface area contributed by atoms with Crippen molar-refractivity contribution in [2.45, 2.75) is 13.3 Å². The summed E-state index contributed by atoms with van der Waals surface area (Å²) in [6, 6.07) is 25.7. The summed E-state index contributed by atoms with van der Waals surface area (Å²) in [4.78, 5) is 0. The van der Waals surface area contributed by atoms with Gasteiger partial charge in [0.25, 0.3) is 0 Å². The molecule has 0 spiro atoms. The topological polar surface area (TPSA) is 20.2 Å². The Balaban J connectivity index is 1.92. The van der Waals surface area contributed by atoms with E-state index in [1.807, 2.05) is 0 Å². The largest absolute Gasteiger partial charge is 0.396 e. The van der Waals surface area contributed by atoms with Crippen molar-refractivity contribution in [2.75, 3.05) is 6.61 Å². The summed E-state index contributed by atoms with van der Waals surface area (Å²) >= 11 is 0. The summed E-state index contributed by atoms with van der Waals surface area (Å²) in [5, 5.41) is 8.99. The quantitative estimate of drug-likeness (QED) is 0.726. The molecule has 3 aromatic rings. The minimum absolute atomic E-state index is 0.197. The maximum Gasteiger partial charge on any atom is 0.0471 e. The molecule has 0 aromatic heterocycles. The van der Waals surface area contributed by atoms with Crippen LogP contribution in [0.3, 0.4) is 0 Å². The monoisotopic (exact) mass is 288 g/mol. The van der Waals surface area contributed by atoms with Crippen molar-refractivity contribution < 1.29 is 5.11 Å². The molecule has 0 aliphatic heterocycles. The molecule has 0 aliphatic rings. The number of aliphatic hydroxyl groups excluding tert-OH is 1. The van der Waals surface area contributed by atoms with E-state index in [0.717, 1.165) is 0 Å². The Kier molecular flexibility index (Phi) is 4.36. The highest BCUT2D eigenvalue weighted by atomic mass is 16.2. The van der Waals surface area contributed by atoms with E-state index in [0.29, 0.717) is 6.42 Å². The van der Waals surface area contributed by atoms with E-state index in [1.165, 1.54) is 33.4 Å². The van der Waals surface area contributed by atoms with Crippen LogP contribution in [0.4, 0.5) is 0 Å². The molecule has 0 saturated carbocycles. The minimum Gasteiger partial charge on any atom is -0.396 e. The maximum absolute atomic E-state index is 8.99. The van der Waals surface area contributed by atoms with Crippen LogP contribution in [0.25, 0.3) is 22.3 Å². The summed E-state index contributed by atoms with van der Waals surface area (Å²) < 4.78 is 0. The fourth-order valence-electron chi connectivity index (χ4n) is 2.62. The first-order valence-electron chi connectivity index (χ1n) is 7.63. The van der Waals surface area contributed by atoms with Gasteiger partial charge >= 0.3 is 0 Å². The van der Waals surface area contributed by atoms with Crippen molar-refractivity contribution in [3.8, 4) is 22.3 Å². The highest BCUT2D eigenvalue weighted by molar-refractivity contribution is 5.73. The fraction of sp³-hybridized carbons (Fsp3) is 0.143. The predicted octanol–water partition coefficient (Wildman–Crippen LogP) is 4.86. The number of hydrogen-bond donors (Lipinski definition) is 1. The lowest BCUT2D eigenvalue weighted by Gasteiger charge is -2.07. The molecule has 22 heavy (non-hydrogen) atoms. The van der Waals surface area contributed by atoms with E-state index in [4.69, 9.17) is 5.11 Å². The average molecular weight is 288 g/mol.